The van der Waals surface area contributed by atoms with E-state index in [4.69, 9.17) is 0 Å². The molecule has 0 bridgehead atoms. The van der Waals surface area contributed by atoms with Crippen molar-refractivity contribution in [3.63, 3.8) is 0 Å². The summed E-state index contributed by atoms with van der Waals surface area (Å²) in [6.45, 7) is 4.60. The molecule has 19 heavy (non-hydrogen) atoms. The first-order chi connectivity index (χ1) is 9.16. The van der Waals surface area contributed by atoms with Gasteiger partial charge in [-0.15, -0.1) is 0 Å². The van der Waals surface area contributed by atoms with E-state index in [1.807, 2.05) is 17.0 Å². The summed E-state index contributed by atoms with van der Waals surface area (Å²) in [5.41, 5.74) is 1.12. The van der Waals surface area contributed by atoms with E-state index in [1.165, 1.54) is 0 Å². The Morgan fingerprint density at radius 2 is 1.95 bits per heavy atom. The number of carbonyl (C=O) groups is 1. The normalized spacial score (nSPS) is 16.6. The van der Waals surface area contributed by atoms with Crippen LogP contribution in [0.4, 0.5) is 0 Å². The van der Waals surface area contributed by atoms with E-state index in [-0.39, 0.29) is 17.7 Å². The maximum absolute atomic E-state index is 11.9. The average molecular weight is 262 g/mol. The summed E-state index contributed by atoms with van der Waals surface area (Å²) in [7, 11) is 0. The summed E-state index contributed by atoms with van der Waals surface area (Å²) in [5.74, 6) is 0.531. The lowest BCUT2D eigenvalue weighted by molar-refractivity contribution is -0.130. The molecule has 1 heterocycles. The van der Waals surface area contributed by atoms with Gasteiger partial charge in [0, 0.05) is 32.1 Å². The molecule has 1 unspecified atom stereocenters. The standard InChI is InChI=1S/C15H22N2O2/c1-12(13-4-6-14(18)7-5-13)16-9-8-15(19)17-10-2-3-11-17/h4-7,12,16,18H,2-3,8-11H2,1H3. The van der Waals surface area contributed by atoms with E-state index < -0.39 is 0 Å². The third-order valence-electron chi connectivity index (χ3n) is 3.64. The van der Waals surface area contributed by atoms with Crippen LogP contribution in [-0.4, -0.2) is 35.5 Å². The maximum Gasteiger partial charge on any atom is 0.223 e. The van der Waals surface area contributed by atoms with Gasteiger partial charge in [0.1, 0.15) is 5.75 Å². The lowest BCUT2D eigenvalue weighted by atomic mass is 10.1. The Morgan fingerprint density at radius 3 is 2.58 bits per heavy atom. The van der Waals surface area contributed by atoms with Crippen molar-refractivity contribution in [1.82, 2.24) is 10.2 Å². The second-order valence-electron chi connectivity index (χ2n) is 5.11. The predicted molar refractivity (Wildman–Crippen MR) is 75.0 cm³/mol. The summed E-state index contributed by atoms with van der Waals surface area (Å²) >= 11 is 0. The van der Waals surface area contributed by atoms with Crippen LogP contribution in [0, 0.1) is 0 Å². The van der Waals surface area contributed by atoms with Crippen LogP contribution in [0.1, 0.15) is 37.8 Å². The molecule has 0 aromatic heterocycles. The lowest BCUT2D eigenvalue weighted by Crippen LogP contribution is -2.31. The topological polar surface area (TPSA) is 52.6 Å². The number of rotatable bonds is 5. The van der Waals surface area contributed by atoms with Gasteiger partial charge in [0.05, 0.1) is 0 Å². The predicted octanol–water partition coefficient (Wildman–Crippen LogP) is 2.06. The van der Waals surface area contributed by atoms with Crippen LogP contribution in [-0.2, 0) is 4.79 Å². The van der Waals surface area contributed by atoms with Crippen LogP contribution in [0.2, 0.25) is 0 Å². The second kappa shape index (κ2) is 6.57. The van der Waals surface area contributed by atoms with Gasteiger partial charge in [-0.25, -0.2) is 0 Å². The Balaban J connectivity index is 1.72. The molecular formula is C15H22N2O2. The average Bonchev–Trinajstić information content (AvgIpc) is 2.93. The minimum absolute atomic E-state index is 0.187. The molecule has 2 N–H and O–H groups in total. The van der Waals surface area contributed by atoms with Crippen LogP contribution in [0.3, 0.4) is 0 Å². The molecule has 0 spiro atoms. The summed E-state index contributed by atoms with van der Waals surface area (Å²) in [4.78, 5) is 13.8. The number of hydrogen-bond acceptors (Lipinski definition) is 3. The Labute approximate surface area is 114 Å². The molecule has 104 valence electrons. The molecular weight excluding hydrogens is 240 g/mol. The van der Waals surface area contributed by atoms with Crippen molar-refractivity contribution < 1.29 is 9.90 Å². The van der Waals surface area contributed by atoms with Crippen molar-refractivity contribution in [3.8, 4) is 5.75 Å². The zero-order valence-corrected chi connectivity index (χ0v) is 11.4. The first kappa shape index (κ1) is 13.9. The third kappa shape index (κ3) is 3.96. The van der Waals surface area contributed by atoms with Gasteiger partial charge in [0.15, 0.2) is 0 Å². The number of phenolic OH excluding ortho intramolecular Hbond substituents is 1. The van der Waals surface area contributed by atoms with Gasteiger partial charge < -0.3 is 15.3 Å². The first-order valence-corrected chi connectivity index (χ1v) is 6.97. The molecule has 2 rings (SSSR count). The lowest BCUT2D eigenvalue weighted by Gasteiger charge is -2.17. The number of amides is 1. The number of nitrogens with zero attached hydrogens (tertiary/aromatic N) is 1. The van der Waals surface area contributed by atoms with Gasteiger partial charge >= 0.3 is 0 Å². The highest BCUT2D eigenvalue weighted by atomic mass is 16.3. The zero-order chi connectivity index (χ0) is 13.7. The molecule has 1 aromatic carbocycles. The van der Waals surface area contributed by atoms with Gasteiger partial charge in [-0.1, -0.05) is 12.1 Å². The van der Waals surface area contributed by atoms with Crippen molar-refractivity contribution >= 4 is 5.91 Å². The van der Waals surface area contributed by atoms with Gasteiger partial charge in [-0.05, 0) is 37.5 Å². The van der Waals surface area contributed by atoms with E-state index in [2.05, 4.69) is 12.2 Å². The molecule has 1 aliphatic heterocycles. The molecule has 4 heteroatoms. The molecule has 1 aliphatic rings. The minimum atomic E-state index is 0.187. The Morgan fingerprint density at radius 1 is 1.32 bits per heavy atom. The molecule has 1 aromatic rings. The molecule has 1 fully saturated rings. The molecule has 0 aliphatic carbocycles. The van der Waals surface area contributed by atoms with Crippen LogP contribution in [0.5, 0.6) is 5.75 Å². The van der Waals surface area contributed by atoms with Gasteiger partial charge in [0.2, 0.25) is 5.91 Å². The summed E-state index contributed by atoms with van der Waals surface area (Å²) in [5, 5.41) is 12.6. The zero-order valence-electron chi connectivity index (χ0n) is 11.4. The van der Waals surface area contributed by atoms with Crippen molar-refractivity contribution in [1.29, 1.82) is 0 Å². The number of likely N-dealkylation sites (tertiary alicyclic amines) is 1. The fraction of sp³-hybridized carbons (Fsp3) is 0.533. The number of aromatic hydroxyl groups is 1. The SMILES string of the molecule is CC(NCCC(=O)N1CCCC1)c1ccc(O)cc1. The molecule has 0 saturated carbocycles. The monoisotopic (exact) mass is 262 g/mol. The van der Waals surface area contributed by atoms with E-state index in [0.29, 0.717) is 13.0 Å². The van der Waals surface area contributed by atoms with Gasteiger partial charge in [-0.3, -0.25) is 4.79 Å². The summed E-state index contributed by atoms with van der Waals surface area (Å²) < 4.78 is 0. The van der Waals surface area contributed by atoms with Gasteiger partial charge in [-0.2, -0.15) is 0 Å². The Bertz CT molecular complexity index is 411. The van der Waals surface area contributed by atoms with Crippen LogP contribution in [0.15, 0.2) is 24.3 Å². The second-order valence-corrected chi connectivity index (χ2v) is 5.11. The van der Waals surface area contributed by atoms with Crippen molar-refractivity contribution in [2.75, 3.05) is 19.6 Å². The van der Waals surface area contributed by atoms with E-state index in [0.717, 1.165) is 31.5 Å². The minimum Gasteiger partial charge on any atom is -0.508 e. The highest BCUT2D eigenvalue weighted by Crippen LogP contribution is 2.16. The van der Waals surface area contributed by atoms with Crippen LogP contribution in [0.25, 0.3) is 0 Å². The first-order valence-electron chi connectivity index (χ1n) is 6.97. The summed E-state index contributed by atoms with van der Waals surface area (Å²) in [6, 6.07) is 7.35. The van der Waals surface area contributed by atoms with Crippen LogP contribution < -0.4 is 5.32 Å². The number of nitrogens with one attached hydrogen (secondary N) is 1. The molecule has 1 atom stereocenters. The van der Waals surface area contributed by atoms with E-state index in [1.54, 1.807) is 12.1 Å². The van der Waals surface area contributed by atoms with Gasteiger partial charge in [0.25, 0.3) is 0 Å². The Kier molecular flexibility index (Phi) is 4.80. The quantitative estimate of drug-likeness (QED) is 0.854. The van der Waals surface area contributed by atoms with Crippen molar-refractivity contribution in [2.24, 2.45) is 0 Å². The van der Waals surface area contributed by atoms with Crippen molar-refractivity contribution in [2.45, 2.75) is 32.2 Å². The highest BCUT2D eigenvalue weighted by molar-refractivity contribution is 5.76. The fourth-order valence-electron chi connectivity index (χ4n) is 2.40. The molecule has 1 amide bonds. The number of benzene rings is 1. The Hall–Kier alpha value is -1.55. The summed E-state index contributed by atoms with van der Waals surface area (Å²) in [6.07, 6.45) is 2.84. The highest BCUT2D eigenvalue weighted by Gasteiger charge is 2.17. The molecule has 0 radical (unpaired) electrons. The fourth-order valence-corrected chi connectivity index (χ4v) is 2.40. The van der Waals surface area contributed by atoms with Crippen molar-refractivity contribution in [3.05, 3.63) is 29.8 Å². The number of carbonyl (C=O) groups excluding carboxylic acids is 1. The maximum atomic E-state index is 11.9. The van der Waals surface area contributed by atoms with E-state index in [9.17, 15) is 9.90 Å². The largest absolute Gasteiger partial charge is 0.508 e. The molecule has 4 nitrogen and oxygen atoms in total. The number of phenols is 1. The van der Waals surface area contributed by atoms with E-state index >= 15 is 0 Å². The third-order valence-corrected chi connectivity index (χ3v) is 3.64. The number of hydrogen-bond donors (Lipinski definition) is 2. The van der Waals surface area contributed by atoms with Crippen LogP contribution >= 0.6 is 0 Å². The smallest absolute Gasteiger partial charge is 0.223 e. The molecule has 1 saturated heterocycles.